The van der Waals surface area contributed by atoms with Gasteiger partial charge in [0.15, 0.2) is 0 Å². The fraction of sp³-hybridized carbons (Fsp3) is 0.833. The molecule has 0 aromatic heterocycles. The molecule has 1 saturated carbocycles. The summed E-state index contributed by atoms with van der Waals surface area (Å²) in [5.41, 5.74) is -0.596. The molecule has 24 heavy (non-hydrogen) atoms. The van der Waals surface area contributed by atoms with Crippen LogP contribution < -0.4 is 5.32 Å². The summed E-state index contributed by atoms with van der Waals surface area (Å²) in [7, 11) is 0. The zero-order valence-electron chi connectivity index (χ0n) is 15.0. The molecule has 0 aromatic rings. The van der Waals surface area contributed by atoms with Gasteiger partial charge < -0.3 is 15.5 Å². The van der Waals surface area contributed by atoms with Crippen molar-refractivity contribution in [1.82, 2.24) is 5.32 Å². The predicted molar refractivity (Wildman–Crippen MR) is 90.6 cm³/mol. The van der Waals surface area contributed by atoms with Crippen LogP contribution in [0.5, 0.6) is 0 Å². The van der Waals surface area contributed by atoms with Gasteiger partial charge in [0.1, 0.15) is 6.04 Å². The normalized spacial score (nSPS) is 25.2. The molecule has 6 nitrogen and oxygen atoms in total. The van der Waals surface area contributed by atoms with Gasteiger partial charge in [-0.1, -0.05) is 40.0 Å². The average molecular weight is 341 g/mol. The van der Waals surface area contributed by atoms with Crippen LogP contribution in [0.2, 0.25) is 0 Å². The minimum Gasteiger partial charge on any atom is -0.481 e. The molecule has 0 saturated heterocycles. The van der Waals surface area contributed by atoms with Gasteiger partial charge >= 0.3 is 11.9 Å². The second-order valence-electron chi connectivity index (χ2n) is 7.79. The Morgan fingerprint density at radius 1 is 1.17 bits per heavy atom. The lowest BCUT2D eigenvalue weighted by Crippen LogP contribution is -2.49. The van der Waals surface area contributed by atoms with Gasteiger partial charge in [-0.25, -0.2) is 4.79 Å². The van der Waals surface area contributed by atoms with E-state index in [0.717, 1.165) is 25.7 Å². The Labute approximate surface area is 144 Å². The van der Waals surface area contributed by atoms with E-state index in [9.17, 15) is 14.4 Å². The molecule has 1 aliphatic rings. The highest BCUT2D eigenvalue weighted by Crippen LogP contribution is 2.40. The Morgan fingerprint density at radius 3 is 2.21 bits per heavy atom. The third-order valence-corrected chi connectivity index (χ3v) is 5.13. The fourth-order valence-electron chi connectivity index (χ4n) is 3.35. The summed E-state index contributed by atoms with van der Waals surface area (Å²) in [5.74, 6) is -1.53. The van der Waals surface area contributed by atoms with Crippen molar-refractivity contribution in [2.45, 2.75) is 78.2 Å². The summed E-state index contributed by atoms with van der Waals surface area (Å²) in [6.45, 7) is 6.29. The van der Waals surface area contributed by atoms with Gasteiger partial charge in [-0.05, 0) is 37.5 Å². The molecule has 1 fully saturated rings. The molecule has 0 aromatic carbocycles. The number of carbonyl (C=O) groups is 3. The number of hydrogen-bond acceptors (Lipinski definition) is 3. The van der Waals surface area contributed by atoms with Gasteiger partial charge in [0.05, 0.1) is 6.42 Å². The number of carbonyl (C=O) groups excluding carboxylic acids is 1. The van der Waals surface area contributed by atoms with Gasteiger partial charge in [-0.2, -0.15) is 0 Å². The number of hydrogen-bond donors (Lipinski definition) is 3. The lowest BCUT2D eigenvalue weighted by molar-refractivity contribution is -0.148. The molecule has 1 aliphatic carbocycles. The standard InChI is InChI=1S/C18H31NO5/c1-12(2)5-4-6-13-7-9-18(3,10-8-13)17(24)19-14(16(22)23)11-15(20)21/h12-14H,4-11H2,1-3H3,(H,19,24)(H,20,21)(H,22,23)/t13-,14?,18+. The summed E-state index contributed by atoms with van der Waals surface area (Å²) in [4.78, 5) is 34.3. The molecule has 6 heteroatoms. The summed E-state index contributed by atoms with van der Waals surface area (Å²) < 4.78 is 0. The Morgan fingerprint density at radius 2 is 1.75 bits per heavy atom. The van der Waals surface area contributed by atoms with E-state index in [1.54, 1.807) is 0 Å². The van der Waals surface area contributed by atoms with Crippen molar-refractivity contribution in [2.24, 2.45) is 17.3 Å². The largest absolute Gasteiger partial charge is 0.481 e. The predicted octanol–water partition coefficient (Wildman–Crippen LogP) is 3.05. The molecule has 0 radical (unpaired) electrons. The second-order valence-corrected chi connectivity index (χ2v) is 7.79. The van der Waals surface area contributed by atoms with Gasteiger partial charge in [0.2, 0.25) is 5.91 Å². The molecular weight excluding hydrogens is 310 g/mol. The Hall–Kier alpha value is -1.59. The highest BCUT2D eigenvalue weighted by molar-refractivity contribution is 5.89. The highest BCUT2D eigenvalue weighted by atomic mass is 16.4. The minimum atomic E-state index is -1.37. The van der Waals surface area contributed by atoms with Crippen LogP contribution in [0, 0.1) is 17.3 Å². The summed E-state index contributed by atoms with van der Waals surface area (Å²) in [6.07, 6.45) is 6.42. The molecule has 3 N–H and O–H groups in total. The van der Waals surface area contributed by atoms with E-state index in [-0.39, 0.29) is 5.91 Å². The topological polar surface area (TPSA) is 104 Å². The summed E-state index contributed by atoms with van der Waals surface area (Å²) in [5, 5.41) is 20.2. The number of nitrogens with one attached hydrogen (secondary N) is 1. The first-order valence-corrected chi connectivity index (χ1v) is 8.89. The van der Waals surface area contributed by atoms with E-state index in [4.69, 9.17) is 10.2 Å². The SMILES string of the molecule is CC(C)CCC[C@H]1CC[C@@](C)(C(=O)NC(CC(=O)O)C(=O)O)CC1. The smallest absolute Gasteiger partial charge is 0.326 e. The number of carboxylic acid groups (broad SMARTS) is 2. The first-order chi connectivity index (χ1) is 11.1. The van der Waals surface area contributed by atoms with Crippen molar-refractivity contribution >= 4 is 17.8 Å². The molecule has 1 unspecified atom stereocenters. The third kappa shape index (κ3) is 6.49. The molecule has 0 spiro atoms. The van der Waals surface area contributed by atoms with Crippen LogP contribution in [0.3, 0.4) is 0 Å². The Kier molecular flexibility index (Phi) is 7.70. The molecule has 0 aliphatic heterocycles. The maximum Gasteiger partial charge on any atom is 0.326 e. The summed E-state index contributed by atoms with van der Waals surface area (Å²) in [6, 6.07) is -1.37. The monoisotopic (exact) mass is 341 g/mol. The van der Waals surface area contributed by atoms with Crippen LogP contribution in [0.4, 0.5) is 0 Å². The Bertz CT molecular complexity index is 452. The van der Waals surface area contributed by atoms with Gasteiger partial charge in [-0.15, -0.1) is 0 Å². The number of carboxylic acids is 2. The van der Waals surface area contributed by atoms with E-state index >= 15 is 0 Å². The molecule has 138 valence electrons. The van der Waals surface area contributed by atoms with Crippen molar-refractivity contribution in [1.29, 1.82) is 0 Å². The lowest BCUT2D eigenvalue weighted by atomic mass is 9.70. The summed E-state index contributed by atoms with van der Waals surface area (Å²) >= 11 is 0. The van der Waals surface area contributed by atoms with Crippen LogP contribution in [0.1, 0.15) is 72.1 Å². The van der Waals surface area contributed by atoms with Gasteiger partial charge in [0.25, 0.3) is 0 Å². The van der Waals surface area contributed by atoms with E-state index < -0.39 is 29.8 Å². The zero-order chi connectivity index (χ0) is 18.3. The van der Waals surface area contributed by atoms with E-state index in [1.807, 2.05) is 6.92 Å². The van der Waals surface area contributed by atoms with Crippen molar-refractivity contribution in [3.63, 3.8) is 0 Å². The highest BCUT2D eigenvalue weighted by Gasteiger charge is 2.39. The van der Waals surface area contributed by atoms with Crippen molar-refractivity contribution < 1.29 is 24.6 Å². The van der Waals surface area contributed by atoms with Crippen LogP contribution in [-0.2, 0) is 14.4 Å². The van der Waals surface area contributed by atoms with Crippen LogP contribution in [0.15, 0.2) is 0 Å². The van der Waals surface area contributed by atoms with Gasteiger partial charge in [0, 0.05) is 5.41 Å². The second kappa shape index (κ2) is 9.04. The van der Waals surface area contributed by atoms with Crippen LogP contribution in [0.25, 0.3) is 0 Å². The molecule has 1 rings (SSSR count). The maximum atomic E-state index is 12.5. The fourth-order valence-corrected chi connectivity index (χ4v) is 3.35. The maximum absolute atomic E-state index is 12.5. The Balaban J connectivity index is 2.50. The molecule has 1 amide bonds. The third-order valence-electron chi connectivity index (χ3n) is 5.13. The first-order valence-electron chi connectivity index (χ1n) is 8.89. The van der Waals surface area contributed by atoms with E-state index in [0.29, 0.717) is 11.8 Å². The quantitative estimate of drug-likeness (QED) is 0.598. The number of amides is 1. The number of aliphatic carboxylic acids is 2. The van der Waals surface area contributed by atoms with Crippen molar-refractivity contribution in [3.8, 4) is 0 Å². The lowest BCUT2D eigenvalue weighted by Gasteiger charge is -2.36. The van der Waals surface area contributed by atoms with E-state index in [2.05, 4.69) is 19.2 Å². The number of rotatable bonds is 9. The average Bonchev–Trinajstić information content (AvgIpc) is 2.47. The van der Waals surface area contributed by atoms with Gasteiger partial charge in [-0.3, -0.25) is 9.59 Å². The first kappa shape index (κ1) is 20.5. The molecule has 0 bridgehead atoms. The van der Waals surface area contributed by atoms with Crippen LogP contribution >= 0.6 is 0 Å². The molecule has 1 atom stereocenters. The zero-order valence-corrected chi connectivity index (χ0v) is 15.0. The van der Waals surface area contributed by atoms with Crippen molar-refractivity contribution in [3.05, 3.63) is 0 Å². The van der Waals surface area contributed by atoms with E-state index in [1.165, 1.54) is 19.3 Å². The van der Waals surface area contributed by atoms with Crippen LogP contribution in [-0.4, -0.2) is 34.1 Å². The van der Waals surface area contributed by atoms with Crippen molar-refractivity contribution in [2.75, 3.05) is 0 Å². The molecular formula is C18H31NO5. The minimum absolute atomic E-state index is 0.336. The molecule has 0 heterocycles.